The van der Waals surface area contributed by atoms with Gasteiger partial charge in [0.2, 0.25) is 0 Å². The number of amides is 1. The molecule has 21 heavy (non-hydrogen) atoms. The minimum atomic E-state index is -1.75. The van der Waals surface area contributed by atoms with Crippen molar-refractivity contribution in [3.63, 3.8) is 0 Å². The molecule has 0 spiro atoms. The first kappa shape index (κ1) is 16.4. The second-order valence-corrected chi connectivity index (χ2v) is 12.2. The lowest BCUT2D eigenvalue weighted by Gasteiger charge is -2.32. The third-order valence-electron chi connectivity index (χ3n) is 3.44. The average Bonchev–Trinajstić information content (AvgIpc) is 2.65. The number of ether oxygens (including phenoxy) is 1. The van der Waals surface area contributed by atoms with Crippen LogP contribution in [0.2, 0.25) is 19.6 Å². The van der Waals surface area contributed by atoms with Crippen LogP contribution in [0.25, 0.3) is 0 Å². The highest BCUT2D eigenvalue weighted by Gasteiger charge is 2.36. The van der Waals surface area contributed by atoms with Gasteiger partial charge in [-0.3, -0.25) is 9.59 Å². The summed E-state index contributed by atoms with van der Waals surface area (Å²) in [5.41, 5.74) is 0.907. The number of halogens is 1. The SMILES string of the molecule is CCOC(n1c(Br)cc2c1C(=O)NCCC2=O)[Si](C)(C)C. The summed E-state index contributed by atoms with van der Waals surface area (Å²) in [5, 5.41) is 2.79. The van der Waals surface area contributed by atoms with E-state index in [0.717, 1.165) is 4.60 Å². The van der Waals surface area contributed by atoms with Crippen molar-refractivity contribution in [2.75, 3.05) is 13.2 Å². The van der Waals surface area contributed by atoms with E-state index in [1.54, 1.807) is 6.07 Å². The largest absolute Gasteiger partial charge is 0.362 e. The summed E-state index contributed by atoms with van der Waals surface area (Å²) in [6, 6.07) is 1.74. The molecule has 0 aliphatic carbocycles. The van der Waals surface area contributed by atoms with Crippen LogP contribution in [0.1, 0.15) is 40.0 Å². The molecule has 5 nitrogen and oxygen atoms in total. The Morgan fingerprint density at radius 2 is 2.10 bits per heavy atom. The van der Waals surface area contributed by atoms with E-state index in [9.17, 15) is 9.59 Å². The molecule has 1 aromatic rings. The van der Waals surface area contributed by atoms with Crippen LogP contribution in [0.5, 0.6) is 0 Å². The third-order valence-corrected chi connectivity index (χ3v) is 5.96. The summed E-state index contributed by atoms with van der Waals surface area (Å²) in [6.07, 6.45) is 0.335. The van der Waals surface area contributed by atoms with Crippen molar-refractivity contribution in [2.45, 2.75) is 38.8 Å². The fourth-order valence-electron chi connectivity index (χ4n) is 2.54. The Kier molecular flexibility index (Phi) is 4.75. The zero-order valence-electron chi connectivity index (χ0n) is 12.8. The summed E-state index contributed by atoms with van der Waals surface area (Å²) in [6.45, 7) is 9.43. The molecule has 1 amide bonds. The molecule has 1 unspecified atom stereocenters. The fraction of sp³-hybridized carbons (Fsp3) is 0.571. The van der Waals surface area contributed by atoms with E-state index in [2.05, 4.69) is 40.9 Å². The van der Waals surface area contributed by atoms with Crippen molar-refractivity contribution in [3.8, 4) is 0 Å². The van der Waals surface area contributed by atoms with Crippen LogP contribution in [0.3, 0.4) is 0 Å². The van der Waals surface area contributed by atoms with Gasteiger partial charge in [-0.25, -0.2) is 0 Å². The van der Waals surface area contributed by atoms with Crippen LogP contribution in [0.4, 0.5) is 0 Å². The number of hydrogen-bond acceptors (Lipinski definition) is 3. The number of carbonyl (C=O) groups is 2. The van der Waals surface area contributed by atoms with Gasteiger partial charge in [0.1, 0.15) is 19.6 Å². The normalized spacial score (nSPS) is 17.2. The number of rotatable bonds is 4. The Balaban J connectivity index is 2.63. The van der Waals surface area contributed by atoms with Gasteiger partial charge in [0.25, 0.3) is 5.91 Å². The van der Waals surface area contributed by atoms with Gasteiger partial charge in [-0.1, -0.05) is 19.6 Å². The zero-order valence-corrected chi connectivity index (χ0v) is 15.4. The average molecular weight is 373 g/mol. The second-order valence-electron chi connectivity index (χ2n) is 6.20. The quantitative estimate of drug-likeness (QED) is 0.826. The lowest BCUT2D eigenvalue weighted by molar-refractivity contribution is 0.0587. The minimum absolute atomic E-state index is 0.00590. The molecule has 2 rings (SSSR count). The molecular weight excluding hydrogens is 352 g/mol. The van der Waals surface area contributed by atoms with Crippen LogP contribution in [-0.4, -0.2) is 37.5 Å². The third kappa shape index (κ3) is 3.14. The molecule has 0 aromatic carbocycles. The number of nitrogens with zero attached hydrogens (tertiary/aromatic N) is 1. The lowest BCUT2D eigenvalue weighted by Crippen LogP contribution is -2.39. The van der Waals surface area contributed by atoms with Crippen LogP contribution in [0.15, 0.2) is 10.7 Å². The highest BCUT2D eigenvalue weighted by Crippen LogP contribution is 2.33. The second kappa shape index (κ2) is 6.06. The molecule has 0 bridgehead atoms. The Bertz CT molecular complexity index is 578. The molecule has 0 radical (unpaired) electrons. The van der Waals surface area contributed by atoms with Crippen LogP contribution in [0, 0.1) is 0 Å². The smallest absolute Gasteiger partial charge is 0.268 e. The fourth-order valence-corrected chi connectivity index (χ4v) is 5.04. The summed E-state index contributed by atoms with van der Waals surface area (Å²) in [4.78, 5) is 24.6. The predicted molar refractivity (Wildman–Crippen MR) is 87.4 cm³/mol. The van der Waals surface area contributed by atoms with Crippen molar-refractivity contribution in [2.24, 2.45) is 0 Å². The van der Waals surface area contributed by atoms with Crippen molar-refractivity contribution in [3.05, 3.63) is 21.9 Å². The molecule has 0 fully saturated rings. The van der Waals surface area contributed by atoms with Crippen molar-refractivity contribution >= 4 is 35.7 Å². The van der Waals surface area contributed by atoms with Gasteiger partial charge in [-0.05, 0) is 28.9 Å². The van der Waals surface area contributed by atoms with Crippen molar-refractivity contribution in [1.29, 1.82) is 0 Å². The van der Waals surface area contributed by atoms with Gasteiger partial charge in [0.15, 0.2) is 5.78 Å². The Morgan fingerprint density at radius 3 is 2.67 bits per heavy atom. The van der Waals surface area contributed by atoms with E-state index >= 15 is 0 Å². The number of nitrogens with one attached hydrogen (secondary N) is 1. The first-order valence-corrected chi connectivity index (χ1v) is 11.5. The molecule has 1 aliphatic heterocycles. The van der Waals surface area contributed by atoms with E-state index in [1.165, 1.54) is 0 Å². The predicted octanol–water partition coefficient (Wildman–Crippen LogP) is 2.98. The van der Waals surface area contributed by atoms with Gasteiger partial charge in [0, 0.05) is 25.1 Å². The summed E-state index contributed by atoms with van der Waals surface area (Å²) in [7, 11) is -1.75. The van der Waals surface area contributed by atoms with E-state index in [-0.39, 0.29) is 17.5 Å². The molecular formula is C14H21BrN2O3Si. The number of hydrogen-bond donors (Lipinski definition) is 1. The maximum Gasteiger partial charge on any atom is 0.268 e. The van der Waals surface area contributed by atoms with E-state index in [1.807, 2.05) is 11.5 Å². The van der Waals surface area contributed by atoms with E-state index in [4.69, 9.17) is 4.74 Å². The molecule has 1 aliphatic rings. The van der Waals surface area contributed by atoms with Crippen molar-refractivity contribution in [1.82, 2.24) is 9.88 Å². The van der Waals surface area contributed by atoms with E-state index in [0.29, 0.717) is 30.8 Å². The zero-order chi connectivity index (χ0) is 15.8. The Labute approximate surface area is 134 Å². The Hall–Kier alpha value is -0.923. The highest BCUT2D eigenvalue weighted by molar-refractivity contribution is 9.10. The number of fused-ring (bicyclic) bond motifs is 1. The van der Waals surface area contributed by atoms with Crippen LogP contribution >= 0.6 is 15.9 Å². The standard InChI is InChI=1S/C14H21BrN2O3Si/c1-5-20-14(21(2,3)4)17-11(15)8-9-10(18)6-7-16-13(19)12(9)17/h8,14H,5-7H2,1-4H3,(H,16,19). The monoisotopic (exact) mass is 372 g/mol. The molecule has 2 heterocycles. The van der Waals surface area contributed by atoms with Gasteiger partial charge < -0.3 is 14.6 Å². The highest BCUT2D eigenvalue weighted by atomic mass is 79.9. The van der Waals surface area contributed by atoms with Crippen LogP contribution in [-0.2, 0) is 4.74 Å². The molecule has 1 aromatic heterocycles. The lowest BCUT2D eigenvalue weighted by atomic mass is 10.1. The molecule has 1 atom stereocenters. The summed E-state index contributed by atoms with van der Waals surface area (Å²) < 4.78 is 8.50. The maximum atomic E-state index is 12.4. The topological polar surface area (TPSA) is 60.3 Å². The number of carbonyl (C=O) groups excluding carboxylic acids is 2. The first-order valence-electron chi connectivity index (χ1n) is 7.11. The van der Waals surface area contributed by atoms with Crippen molar-refractivity contribution < 1.29 is 14.3 Å². The Morgan fingerprint density at radius 1 is 1.43 bits per heavy atom. The van der Waals surface area contributed by atoms with Gasteiger partial charge >= 0.3 is 0 Å². The van der Waals surface area contributed by atoms with Crippen LogP contribution < -0.4 is 5.32 Å². The number of ketones is 1. The first-order chi connectivity index (χ1) is 9.77. The molecule has 0 saturated carbocycles. The molecule has 116 valence electrons. The molecule has 7 heteroatoms. The number of aromatic nitrogens is 1. The summed E-state index contributed by atoms with van der Waals surface area (Å²) in [5.74, 6) is -0.407. The van der Waals surface area contributed by atoms with Gasteiger partial charge in [-0.15, -0.1) is 0 Å². The molecule has 0 saturated heterocycles. The summed E-state index contributed by atoms with van der Waals surface area (Å²) >= 11 is 3.49. The number of Topliss-reactive ketones (excluding diaryl/α,β-unsaturated/α-hetero) is 1. The molecule has 1 N–H and O–H groups in total. The van der Waals surface area contributed by atoms with Gasteiger partial charge in [0.05, 0.1) is 4.60 Å². The van der Waals surface area contributed by atoms with E-state index < -0.39 is 8.07 Å². The minimum Gasteiger partial charge on any atom is -0.362 e. The van der Waals surface area contributed by atoms with Gasteiger partial charge in [-0.2, -0.15) is 0 Å². The maximum absolute atomic E-state index is 12.4.